The summed E-state index contributed by atoms with van der Waals surface area (Å²) in [5, 5.41) is 1.75. The first-order valence-corrected chi connectivity index (χ1v) is 5.86. The Hall–Kier alpha value is -2.70. The molecule has 0 aromatic heterocycles. The molecule has 0 saturated heterocycles. The number of alkyl halides is 3. The third kappa shape index (κ3) is 4.13. The molecule has 2 aromatic carbocycles. The first-order valence-electron chi connectivity index (χ1n) is 5.86. The lowest BCUT2D eigenvalue weighted by Gasteiger charge is -2.10. The summed E-state index contributed by atoms with van der Waals surface area (Å²) in [5.74, 6) is -1.27. The van der Waals surface area contributed by atoms with E-state index in [9.17, 15) is 18.0 Å². The molecule has 110 valence electrons. The van der Waals surface area contributed by atoms with Gasteiger partial charge in [0.2, 0.25) is 0 Å². The summed E-state index contributed by atoms with van der Waals surface area (Å²) < 4.78 is 41.9. The van der Waals surface area contributed by atoms with Gasteiger partial charge in [-0.3, -0.25) is 4.79 Å². The molecule has 0 atom stereocenters. The molecule has 21 heavy (non-hydrogen) atoms. The molecule has 0 heterocycles. The van der Waals surface area contributed by atoms with Crippen molar-refractivity contribution in [1.82, 2.24) is 0 Å². The van der Waals surface area contributed by atoms with Crippen LogP contribution < -0.4 is 15.8 Å². The third-order valence-electron chi connectivity index (χ3n) is 2.47. The fraction of sp³-hybridized carbons (Fsp3) is 0.0714. The van der Waals surface area contributed by atoms with E-state index in [0.29, 0.717) is 17.2 Å². The van der Waals surface area contributed by atoms with Gasteiger partial charge in [0.1, 0.15) is 11.5 Å². The van der Waals surface area contributed by atoms with E-state index in [1.165, 1.54) is 18.2 Å². The molecule has 0 radical (unpaired) electrons. The van der Waals surface area contributed by atoms with E-state index in [-0.39, 0.29) is 5.69 Å². The van der Waals surface area contributed by atoms with Gasteiger partial charge in [0.15, 0.2) is 0 Å². The average Bonchev–Trinajstić information content (AvgIpc) is 2.41. The SMILES string of the molecule is Nc1ccc(Oc2cccc(NC(=O)C(F)(F)F)c2)cc1. The van der Waals surface area contributed by atoms with Crippen LogP contribution in [0.25, 0.3) is 0 Å². The average molecular weight is 296 g/mol. The summed E-state index contributed by atoms with van der Waals surface area (Å²) >= 11 is 0. The Bertz CT molecular complexity index is 639. The van der Waals surface area contributed by atoms with Crippen molar-refractivity contribution >= 4 is 17.3 Å². The zero-order valence-corrected chi connectivity index (χ0v) is 10.6. The molecule has 0 spiro atoms. The lowest BCUT2D eigenvalue weighted by atomic mass is 10.3. The lowest BCUT2D eigenvalue weighted by molar-refractivity contribution is -0.167. The fourth-order valence-corrected chi connectivity index (χ4v) is 1.51. The Labute approximate surface area is 118 Å². The Kier molecular flexibility index (Phi) is 4.02. The number of hydrogen-bond acceptors (Lipinski definition) is 3. The van der Waals surface area contributed by atoms with Gasteiger partial charge in [0.25, 0.3) is 0 Å². The van der Waals surface area contributed by atoms with Crippen LogP contribution in [-0.2, 0) is 4.79 Å². The van der Waals surface area contributed by atoms with Crippen molar-refractivity contribution in [2.24, 2.45) is 0 Å². The molecular formula is C14H11F3N2O2. The highest BCUT2D eigenvalue weighted by atomic mass is 19.4. The first-order chi connectivity index (χ1) is 9.84. The molecule has 4 nitrogen and oxygen atoms in total. The molecule has 0 bridgehead atoms. The zero-order valence-electron chi connectivity index (χ0n) is 10.6. The largest absolute Gasteiger partial charge is 0.471 e. The standard InChI is InChI=1S/C14H11F3N2O2/c15-14(16,17)13(20)19-10-2-1-3-12(8-10)21-11-6-4-9(18)5-7-11/h1-8H,18H2,(H,19,20). The van der Waals surface area contributed by atoms with Crippen molar-refractivity contribution in [3.05, 3.63) is 48.5 Å². The summed E-state index contributed by atoms with van der Waals surface area (Å²) in [6.45, 7) is 0. The van der Waals surface area contributed by atoms with Gasteiger partial charge in [0, 0.05) is 17.4 Å². The molecule has 3 N–H and O–H groups in total. The highest BCUT2D eigenvalue weighted by Crippen LogP contribution is 2.26. The normalized spacial score (nSPS) is 11.0. The highest BCUT2D eigenvalue weighted by molar-refractivity contribution is 5.95. The van der Waals surface area contributed by atoms with Gasteiger partial charge in [-0.05, 0) is 36.4 Å². The second-order valence-corrected chi connectivity index (χ2v) is 4.15. The van der Waals surface area contributed by atoms with Crippen LogP contribution in [0, 0.1) is 0 Å². The van der Waals surface area contributed by atoms with E-state index in [4.69, 9.17) is 10.5 Å². The summed E-state index contributed by atoms with van der Waals surface area (Å²) in [5.41, 5.74) is 6.08. The number of rotatable bonds is 3. The molecule has 0 aliphatic heterocycles. The fourth-order valence-electron chi connectivity index (χ4n) is 1.51. The van der Waals surface area contributed by atoms with Crippen LogP contribution in [0.2, 0.25) is 0 Å². The molecule has 0 fully saturated rings. The number of nitrogens with one attached hydrogen (secondary N) is 1. The molecular weight excluding hydrogens is 285 g/mol. The summed E-state index contributed by atoms with van der Waals surface area (Å²) in [6.07, 6.45) is -4.94. The molecule has 0 aliphatic rings. The highest BCUT2D eigenvalue weighted by Gasteiger charge is 2.38. The Balaban J connectivity index is 2.11. The molecule has 2 aromatic rings. The van der Waals surface area contributed by atoms with Crippen LogP contribution in [0.5, 0.6) is 11.5 Å². The number of amides is 1. The smallest absolute Gasteiger partial charge is 0.457 e. The number of hydrogen-bond donors (Lipinski definition) is 2. The van der Waals surface area contributed by atoms with Crippen molar-refractivity contribution in [2.75, 3.05) is 11.1 Å². The van der Waals surface area contributed by atoms with Crippen molar-refractivity contribution in [3.63, 3.8) is 0 Å². The molecule has 2 rings (SSSR count). The second-order valence-electron chi connectivity index (χ2n) is 4.15. The van der Waals surface area contributed by atoms with E-state index < -0.39 is 12.1 Å². The molecule has 0 aliphatic carbocycles. The van der Waals surface area contributed by atoms with E-state index in [1.807, 2.05) is 0 Å². The van der Waals surface area contributed by atoms with Gasteiger partial charge in [-0.1, -0.05) is 6.07 Å². The van der Waals surface area contributed by atoms with Gasteiger partial charge < -0.3 is 15.8 Å². The van der Waals surface area contributed by atoms with Gasteiger partial charge in [-0.15, -0.1) is 0 Å². The van der Waals surface area contributed by atoms with Crippen molar-refractivity contribution in [1.29, 1.82) is 0 Å². The second kappa shape index (κ2) is 5.74. The van der Waals surface area contributed by atoms with Gasteiger partial charge in [0.05, 0.1) is 0 Å². The summed E-state index contributed by atoms with van der Waals surface area (Å²) in [6, 6.07) is 12.2. The topological polar surface area (TPSA) is 64.3 Å². The number of carbonyl (C=O) groups excluding carboxylic acids is 1. The van der Waals surface area contributed by atoms with E-state index in [1.54, 1.807) is 35.6 Å². The van der Waals surface area contributed by atoms with Crippen LogP contribution in [0.4, 0.5) is 24.5 Å². The van der Waals surface area contributed by atoms with E-state index >= 15 is 0 Å². The molecule has 7 heteroatoms. The molecule has 0 unspecified atom stereocenters. The maximum Gasteiger partial charge on any atom is 0.471 e. The van der Waals surface area contributed by atoms with Crippen molar-refractivity contribution in [2.45, 2.75) is 6.18 Å². The minimum Gasteiger partial charge on any atom is -0.457 e. The zero-order chi connectivity index (χ0) is 15.5. The molecule has 0 saturated carbocycles. The Morgan fingerprint density at radius 2 is 1.71 bits per heavy atom. The monoisotopic (exact) mass is 296 g/mol. The number of nitrogens with two attached hydrogens (primary N) is 1. The number of anilines is 2. The number of halogens is 3. The molecule has 1 amide bonds. The van der Waals surface area contributed by atoms with Crippen LogP contribution >= 0.6 is 0 Å². The number of ether oxygens (including phenoxy) is 1. The van der Waals surface area contributed by atoms with Crippen molar-refractivity contribution in [3.8, 4) is 11.5 Å². The maximum absolute atomic E-state index is 12.2. The summed E-state index contributed by atoms with van der Waals surface area (Å²) in [7, 11) is 0. The minimum absolute atomic E-state index is 0.00901. The predicted octanol–water partition coefficient (Wildman–Crippen LogP) is 3.56. The maximum atomic E-state index is 12.2. The van der Waals surface area contributed by atoms with Crippen LogP contribution in [-0.4, -0.2) is 12.1 Å². The van der Waals surface area contributed by atoms with Gasteiger partial charge in [-0.2, -0.15) is 13.2 Å². The number of carbonyl (C=O) groups is 1. The van der Waals surface area contributed by atoms with Crippen molar-refractivity contribution < 1.29 is 22.7 Å². The summed E-state index contributed by atoms with van der Waals surface area (Å²) in [4.78, 5) is 10.9. The number of nitrogen functional groups attached to an aromatic ring is 1. The Morgan fingerprint density at radius 3 is 2.33 bits per heavy atom. The van der Waals surface area contributed by atoms with Crippen LogP contribution in [0.3, 0.4) is 0 Å². The van der Waals surface area contributed by atoms with Gasteiger partial charge >= 0.3 is 12.1 Å². The quantitative estimate of drug-likeness (QED) is 0.851. The van der Waals surface area contributed by atoms with E-state index in [2.05, 4.69) is 0 Å². The first kappa shape index (κ1) is 14.7. The van der Waals surface area contributed by atoms with Gasteiger partial charge in [-0.25, -0.2) is 0 Å². The number of benzene rings is 2. The lowest BCUT2D eigenvalue weighted by Crippen LogP contribution is -2.29. The Morgan fingerprint density at radius 1 is 1.05 bits per heavy atom. The van der Waals surface area contributed by atoms with E-state index in [0.717, 1.165) is 0 Å². The third-order valence-corrected chi connectivity index (χ3v) is 2.47. The van der Waals surface area contributed by atoms with Crippen LogP contribution in [0.1, 0.15) is 0 Å². The predicted molar refractivity (Wildman–Crippen MR) is 72.1 cm³/mol. The van der Waals surface area contributed by atoms with Crippen LogP contribution in [0.15, 0.2) is 48.5 Å². The minimum atomic E-state index is -4.94.